The third kappa shape index (κ3) is 2.17. The van der Waals surface area contributed by atoms with Gasteiger partial charge in [-0.05, 0) is 19.1 Å². The third-order valence-corrected chi connectivity index (χ3v) is 3.40. The highest BCUT2D eigenvalue weighted by Crippen LogP contribution is 2.26. The molecule has 0 aliphatic rings. The van der Waals surface area contributed by atoms with E-state index in [2.05, 4.69) is 10.2 Å². The fourth-order valence-electron chi connectivity index (χ4n) is 2.34. The lowest BCUT2D eigenvalue weighted by Gasteiger charge is -2.09. The highest BCUT2D eigenvalue weighted by atomic mass is 16.1. The van der Waals surface area contributed by atoms with E-state index in [0.717, 1.165) is 22.0 Å². The van der Waals surface area contributed by atoms with E-state index in [9.17, 15) is 4.79 Å². The molecule has 0 N–H and O–H groups in total. The summed E-state index contributed by atoms with van der Waals surface area (Å²) in [6.07, 6.45) is 3.41. The van der Waals surface area contributed by atoms with E-state index in [1.165, 1.54) is 4.57 Å². The summed E-state index contributed by atoms with van der Waals surface area (Å²) < 4.78 is 1.53. The van der Waals surface area contributed by atoms with E-state index < -0.39 is 0 Å². The summed E-state index contributed by atoms with van der Waals surface area (Å²) in [7, 11) is 0. The molecular weight excluding hydrogens is 264 g/mol. The van der Waals surface area contributed by atoms with E-state index in [-0.39, 0.29) is 11.1 Å². The Balaban J connectivity index is 2.34. The molecule has 21 heavy (non-hydrogen) atoms. The molecular formula is C16H12N4O. The molecule has 3 rings (SSSR count). The summed E-state index contributed by atoms with van der Waals surface area (Å²) in [5.74, 6) is 0. The van der Waals surface area contributed by atoms with Crippen LogP contribution >= 0.6 is 0 Å². The SMILES string of the molecule is CCn1cc(-c2cnnc3ccccc23)cc(C#N)c1=O. The summed E-state index contributed by atoms with van der Waals surface area (Å²) in [6.45, 7) is 2.38. The average molecular weight is 276 g/mol. The lowest BCUT2D eigenvalue weighted by Crippen LogP contribution is -2.21. The van der Waals surface area contributed by atoms with Gasteiger partial charge in [0.1, 0.15) is 11.6 Å². The fraction of sp³-hybridized carbons (Fsp3) is 0.125. The normalized spacial score (nSPS) is 10.5. The summed E-state index contributed by atoms with van der Waals surface area (Å²) in [5.41, 5.74) is 2.30. The monoisotopic (exact) mass is 276 g/mol. The zero-order valence-corrected chi connectivity index (χ0v) is 11.4. The van der Waals surface area contributed by atoms with Crippen LogP contribution in [0.1, 0.15) is 12.5 Å². The molecule has 3 aromatic rings. The van der Waals surface area contributed by atoms with Crippen molar-refractivity contribution in [1.29, 1.82) is 5.26 Å². The first-order valence-electron chi connectivity index (χ1n) is 6.60. The molecule has 102 valence electrons. The maximum absolute atomic E-state index is 12.0. The Morgan fingerprint density at radius 3 is 2.90 bits per heavy atom. The molecule has 0 atom stereocenters. The van der Waals surface area contributed by atoms with Gasteiger partial charge >= 0.3 is 0 Å². The predicted molar refractivity (Wildman–Crippen MR) is 79.6 cm³/mol. The summed E-state index contributed by atoms with van der Waals surface area (Å²) in [5, 5.41) is 18.2. The molecule has 0 radical (unpaired) electrons. The number of hydrogen-bond donors (Lipinski definition) is 0. The third-order valence-electron chi connectivity index (χ3n) is 3.40. The Kier molecular flexibility index (Phi) is 3.20. The molecule has 0 fully saturated rings. The van der Waals surface area contributed by atoms with Crippen molar-refractivity contribution >= 4 is 10.9 Å². The predicted octanol–water partition coefficient (Wildman–Crippen LogP) is 2.35. The molecule has 0 aliphatic carbocycles. The molecule has 0 unspecified atom stereocenters. The van der Waals surface area contributed by atoms with Crippen LogP contribution in [0.15, 0.2) is 47.5 Å². The summed E-state index contributed by atoms with van der Waals surface area (Å²) in [4.78, 5) is 12.0. The highest BCUT2D eigenvalue weighted by molar-refractivity contribution is 5.93. The number of pyridine rings is 1. The van der Waals surface area contributed by atoms with Crippen LogP contribution < -0.4 is 5.56 Å². The first-order valence-corrected chi connectivity index (χ1v) is 6.60. The van der Waals surface area contributed by atoms with Crippen LogP contribution in [0, 0.1) is 11.3 Å². The summed E-state index contributed by atoms with van der Waals surface area (Å²) >= 11 is 0. The van der Waals surface area contributed by atoms with Crippen molar-refractivity contribution in [2.24, 2.45) is 0 Å². The molecule has 1 aromatic carbocycles. The van der Waals surface area contributed by atoms with Gasteiger partial charge in [-0.25, -0.2) is 0 Å². The van der Waals surface area contributed by atoms with Crippen LogP contribution in [0.2, 0.25) is 0 Å². The van der Waals surface area contributed by atoms with Crippen LogP contribution in [0.3, 0.4) is 0 Å². The zero-order valence-electron chi connectivity index (χ0n) is 11.4. The standard InChI is InChI=1S/C16H12N4O/c1-2-20-10-12(7-11(8-17)16(20)21)14-9-18-19-15-6-4-3-5-13(14)15/h3-7,9-10H,2H2,1H3. The number of rotatable bonds is 2. The maximum atomic E-state index is 12.0. The Bertz CT molecular complexity index is 916. The quantitative estimate of drug-likeness (QED) is 0.720. The molecule has 0 bridgehead atoms. The van der Waals surface area contributed by atoms with Crippen molar-refractivity contribution in [3.8, 4) is 17.2 Å². The van der Waals surface area contributed by atoms with E-state index in [1.807, 2.05) is 37.3 Å². The van der Waals surface area contributed by atoms with Gasteiger partial charge in [-0.2, -0.15) is 15.5 Å². The molecule has 0 spiro atoms. The number of aryl methyl sites for hydroxylation is 1. The smallest absolute Gasteiger partial charge is 0.268 e. The van der Waals surface area contributed by atoms with Crippen molar-refractivity contribution in [3.05, 3.63) is 58.6 Å². The number of nitrogens with zero attached hydrogens (tertiary/aromatic N) is 4. The van der Waals surface area contributed by atoms with Gasteiger partial charge in [0, 0.05) is 29.3 Å². The number of nitriles is 1. The van der Waals surface area contributed by atoms with Crippen molar-refractivity contribution in [2.75, 3.05) is 0 Å². The minimum atomic E-state index is -0.268. The molecule has 0 amide bonds. The molecule has 0 saturated heterocycles. The number of fused-ring (bicyclic) bond motifs is 1. The number of benzene rings is 1. The number of hydrogen-bond acceptors (Lipinski definition) is 4. The molecule has 0 aliphatic heterocycles. The second-order valence-electron chi connectivity index (χ2n) is 4.62. The molecule has 2 aromatic heterocycles. The van der Waals surface area contributed by atoms with Crippen LogP contribution in [-0.4, -0.2) is 14.8 Å². The van der Waals surface area contributed by atoms with Gasteiger partial charge in [-0.1, -0.05) is 18.2 Å². The summed E-state index contributed by atoms with van der Waals surface area (Å²) in [6, 6.07) is 11.2. The van der Waals surface area contributed by atoms with Gasteiger partial charge < -0.3 is 4.57 Å². The molecule has 5 heteroatoms. The number of aromatic nitrogens is 3. The Morgan fingerprint density at radius 2 is 2.14 bits per heavy atom. The van der Waals surface area contributed by atoms with Crippen molar-refractivity contribution in [3.63, 3.8) is 0 Å². The minimum absolute atomic E-state index is 0.134. The average Bonchev–Trinajstić information content (AvgIpc) is 2.54. The van der Waals surface area contributed by atoms with Crippen LogP contribution in [0.5, 0.6) is 0 Å². The minimum Gasteiger partial charge on any atom is -0.314 e. The zero-order chi connectivity index (χ0) is 14.8. The van der Waals surface area contributed by atoms with Crippen molar-refractivity contribution in [2.45, 2.75) is 13.5 Å². The first kappa shape index (κ1) is 13.0. The van der Waals surface area contributed by atoms with Crippen molar-refractivity contribution < 1.29 is 0 Å². The van der Waals surface area contributed by atoms with E-state index in [4.69, 9.17) is 5.26 Å². The van der Waals surface area contributed by atoms with Gasteiger partial charge in [0.2, 0.25) is 0 Å². The molecule has 0 saturated carbocycles. The van der Waals surface area contributed by atoms with Gasteiger partial charge in [0.15, 0.2) is 0 Å². The lowest BCUT2D eigenvalue weighted by atomic mass is 10.0. The largest absolute Gasteiger partial charge is 0.314 e. The lowest BCUT2D eigenvalue weighted by molar-refractivity contribution is 0.726. The second kappa shape index (κ2) is 5.17. The molecule has 5 nitrogen and oxygen atoms in total. The topological polar surface area (TPSA) is 71.6 Å². The fourth-order valence-corrected chi connectivity index (χ4v) is 2.34. The second-order valence-corrected chi connectivity index (χ2v) is 4.62. The van der Waals surface area contributed by atoms with E-state index >= 15 is 0 Å². The van der Waals surface area contributed by atoms with Gasteiger partial charge in [0.25, 0.3) is 5.56 Å². The Morgan fingerprint density at radius 1 is 1.33 bits per heavy atom. The van der Waals surface area contributed by atoms with Gasteiger partial charge in [0.05, 0.1) is 11.7 Å². The highest BCUT2D eigenvalue weighted by Gasteiger charge is 2.10. The Hall–Kier alpha value is -3.00. The maximum Gasteiger partial charge on any atom is 0.268 e. The van der Waals surface area contributed by atoms with E-state index in [1.54, 1.807) is 18.5 Å². The Labute approximate surface area is 121 Å². The molecule has 2 heterocycles. The van der Waals surface area contributed by atoms with Crippen molar-refractivity contribution in [1.82, 2.24) is 14.8 Å². The van der Waals surface area contributed by atoms with Gasteiger partial charge in [-0.3, -0.25) is 4.79 Å². The van der Waals surface area contributed by atoms with Crippen LogP contribution in [0.4, 0.5) is 0 Å². The van der Waals surface area contributed by atoms with Crippen LogP contribution in [-0.2, 0) is 6.54 Å². The van der Waals surface area contributed by atoms with E-state index in [0.29, 0.717) is 6.54 Å². The first-order chi connectivity index (χ1) is 10.2. The van der Waals surface area contributed by atoms with Crippen LogP contribution in [0.25, 0.3) is 22.0 Å². The van der Waals surface area contributed by atoms with Gasteiger partial charge in [-0.15, -0.1) is 0 Å².